The summed E-state index contributed by atoms with van der Waals surface area (Å²) in [6, 6.07) is 10.7. The van der Waals surface area contributed by atoms with Crippen molar-refractivity contribution in [2.75, 3.05) is 34.5 Å². The van der Waals surface area contributed by atoms with Crippen molar-refractivity contribution in [1.82, 2.24) is 0 Å². The van der Waals surface area contributed by atoms with E-state index in [-0.39, 0.29) is 0 Å². The zero-order chi connectivity index (χ0) is 14.6. The third-order valence-corrected chi connectivity index (χ3v) is 7.82. The van der Waals surface area contributed by atoms with Gasteiger partial charge in [-0.15, -0.1) is 23.5 Å². The molecular weight excluding hydrogens is 332 g/mol. The molecular formula is C17H24S4. The Kier molecular flexibility index (Phi) is 10.0. The highest BCUT2D eigenvalue weighted by molar-refractivity contribution is 8.22. The molecule has 1 aromatic carbocycles. The molecule has 1 aliphatic heterocycles. The quantitative estimate of drug-likeness (QED) is 0.596. The van der Waals surface area contributed by atoms with E-state index in [2.05, 4.69) is 59.9 Å². The Labute approximate surface area is 146 Å². The van der Waals surface area contributed by atoms with Gasteiger partial charge < -0.3 is 0 Å². The maximum atomic E-state index is 2.36. The normalized spacial score (nSPS) is 19.7. The van der Waals surface area contributed by atoms with E-state index in [1.165, 1.54) is 63.6 Å². The minimum atomic E-state index is 1.26. The average Bonchev–Trinajstić information content (AvgIpc) is 2.52. The Balaban J connectivity index is 1.88. The largest absolute Gasteiger partial charge is 0.162 e. The van der Waals surface area contributed by atoms with Gasteiger partial charge in [-0.1, -0.05) is 30.3 Å². The van der Waals surface area contributed by atoms with E-state index in [4.69, 9.17) is 0 Å². The van der Waals surface area contributed by atoms with Crippen molar-refractivity contribution in [2.45, 2.75) is 19.3 Å². The molecule has 0 aliphatic carbocycles. The van der Waals surface area contributed by atoms with Crippen molar-refractivity contribution >= 4 is 53.1 Å². The number of hydrogen-bond acceptors (Lipinski definition) is 4. The zero-order valence-electron chi connectivity index (χ0n) is 12.5. The Morgan fingerprint density at radius 1 is 0.667 bits per heavy atom. The van der Waals surface area contributed by atoms with Crippen molar-refractivity contribution in [3.05, 3.63) is 40.1 Å². The van der Waals surface area contributed by atoms with Gasteiger partial charge in [0, 0.05) is 4.24 Å². The van der Waals surface area contributed by atoms with Crippen LogP contribution in [0.15, 0.2) is 34.6 Å². The molecule has 116 valence electrons. The van der Waals surface area contributed by atoms with Gasteiger partial charge in [-0.2, -0.15) is 23.5 Å². The number of hydrogen-bond donors (Lipinski definition) is 0. The summed E-state index contributed by atoms with van der Waals surface area (Å²) in [5, 5.41) is 0. The van der Waals surface area contributed by atoms with Crippen molar-refractivity contribution in [1.29, 1.82) is 0 Å². The zero-order valence-corrected chi connectivity index (χ0v) is 15.7. The number of benzene rings is 1. The van der Waals surface area contributed by atoms with E-state index < -0.39 is 0 Å². The highest BCUT2D eigenvalue weighted by atomic mass is 32.2. The minimum absolute atomic E-state index is 1.26. The first-order valence-electron chi connectivity index (χ1n) is 7.63. The van der Waals surface area contributed by atoms with Crippen molar-refractivity contribution in [2.24, 2.45) is 0 Å². The molecule has 1 aliphatic rings. The first-order chi connectivity index (χ1) is 10.4. The lowest BCUT2D eigenvalue weighted by Crippen LogP contribution is -1.92. The third-order valence-electron chi connectivity index (χ3n) is 3.02. The summed E-state index contributed by atoms with van der Waals surface area (Å²) in [5.41, 5.74) is 1.33. The first kappa shape index (κ1) is 17.7. The molecule has 4 heteroatoms. The standard InChI is InChI=1S/C17H24S4/c1-2-7-16(8-3-1)15-17-20-13-5-11-18-9-4-10-19-12-6-14-21-17/h1-3,7-8,15H,4-6,9-14H2. The van der Waals surface area contributed by atoms with Crippen LogP contribution in [-0.2, 0) is 0 Å². The summed E-state index contributed by atoms with van der Waals surface area (Å²) in [7, 11) is 0. The van der Waals surface area contributed by atoms with Gasteiger partial charge in [0.2, 0.25) is 0 Å². The summed E-state index contributed by atoms with van der Waals surface area (Å²) >= 11 is 8.36. The van der Waals surface area contributed by atoms with Gasteiger partial charge in [-0.3, -0.25) is 0 Å². The fourth-order valence-corrected chi connectivity index (χ4v) is 6.55. The summed E-state index contributed by atoms with van der Waals surface area (Å²) in [5.74, 6) is 7.85. The third kappa shape index (κ3) is 8.53. The van der Waals surface area contributed by atoms with Crippen LogP contribution in [0.25, 0.3) is 6.08 Å². The molecule has 0 amide bonds. The molecule has 0 N–H and O–H groups in total. The predicted molar refractivity (Wildman–Crippen MR) is 108 cm³/mol. The van der Waals surface area contributed by atoms with E-state index in [9.17, 15) is 0 Å². The van der Waals surface area contributed by atoms with Crippen molar-refractivity contribution in [3.8, 4) is 0 Å². The number of thioether (sulfide) groups is 4. The molecule has 1 saturated heterocycles. The van der Waals surface area contributed by atoms with Crippen LogP contribution in [0, 0.1) is 0 Å². The van der Waals surface area contributed by atoms with Crippen molar-refractivity contribution < 1.29 is 0 Å². The molecule has 0 unspecified atom stereocenters. The lowest BCUT2D eigenvalue weighted by Gasteiger charge is -2.09. The second kappa shape index (κ2) is 11.9. The SMILES string of the molecule is C(=C1SCCCSCCCSCCCS1)c1ccccc1. The summed E-state index contributed by atoms with van der Waals surface area (Å²) in [4.78, 5) is 0. The Bertz CT molecular complexity index is 387. The maximum Gasteiger partial charge on any atom is 0.0406 e. The fourth-order valence-electron chi connectivity index (χ4n) is 1.95. The summed E-state index contributed by atoms with van der Waals surface area (Å²) < 4.78 is 1.49. The van der Waals surface area contributed by atoms with E-state index in [0.29, 0.717) is 0 Å². The Hall–Kier alpha value is 0.360. The van der Waals surface area contributed by atoms with Gasteiger partial charge >= 0.3 is 0 Å². The van der Waals surface area contributed by atoms with E-state index in [0.717, 1.165) is 0 Å². The van der Waals surface area contributed by atoms with Crippen LogP contribution in [0.5, 0.6) is 0 Å². The van der Waals surface area contributed by atoms with E-state index >= 15 is 0 Å². The van der Waals surface area contributed by atoms with Gasteiger partial charge in [0.15, 0.2) is 0 Å². The van der Waals surface area contributed by atoms with Crippen LogP contribution in [0.3, 0.4) is 0 Å². The fraction of sp³-hybridized carbons (Fsp3) is 0.529. The molecule has 2 rings (SSSR count). The first-order valence-corrected chi connectivity index (χ1v) is 11.9. The van der Waals surface area contributed by atoms with Crippen LogP contribution < -0.4 is 0 Å². The average molecular weight is 357 g/mol. The monoisotopic (exact) mass is 356 g/mol. The van der Waals surface area contributed by atoms with Crippen LogP contribution >= 0.6 is 47.0 Å². The Morgan fingerprint density at radius 3 is 1.76 bits per heavy atom. The van der Waals surface area contributed by atoms with Gasteiger partial charge in [-0.25, -0.2) is 0 Å². The molecule has 0 spiro atoms. The molecule has 1 fully saturated rings. The van der Waals surface area contributed by atoms with Crippen molar-refractivity contribution in [3.63, 3.8) is 0 Å². The van der Waals surface area contributed by atoms with Crippen LogP contribution in [0.1, 0.15) is 24.8 Å². The van der Waals surface area contributed by atoms with Gasteiger partial charge in [-0.05, 0) is 65.4 Å². The van der Waals surface area contributed by atoms with E-state index in [1.54, 1.807) is 0 Å². The molecule has 0 bridgehead atoms. The topological polar surface area (TPSA) is 0 Å². The molecule has 21 heavy (non-hydrogen) atoms. The predicted octanol–water partition coefficient (Wildman–Crippen LogP) is 6.10. The lowest BCUT2D eigenvalue weighted by molar-refractivity contribution is 1.08. The molecule has 0 atom stereocenters. The molecule has 0 nitrogen and oxygen atoms in total. The summed E-state index contributed by atoms with van der Waals surface area (Å²) in [6.45, 7) is 0. The maximum absolute atomic E-state index is 2.36. The summed E-state index contributed by atoms with van der Waals surface area (Å²) in [6.07, 6.45) is 6.40. The molecule has 1 heterocycles. The van der Waals surface area contributed by atoms with Gasteiger partial charge in [0.05, 0.1) is 0 Å². The highest BCUT2D eigenvalue weighted by Gasteiger charge is 2.02. The van der Waals surface area contributed by atoms with E-state index in [1.807, 2.05) is 23.5 Å². The molecule has 0 aromatic heterocycles. The second-order valence-corrected chi connectivity index (χ2v) is 9.84. The minimum Gasteiger partial charge on any atom is -0.162 e. The van der Waals surface area contributed by atoms with Gasteiger partial charge in [0.25, 0.3) is 0 Å². The van der Waals surface area contributed by atoms with Crippen LogP contribution in [0.4, 0.5) is 0 Å². The van der Waals surface area contributed by atoms with Crippen LogP contribution in [-0.4, -0.2) is 34.5 Å². The molecule has 0 radical (unpaired) electrons. The second-order valence-electron chi connectivity index (χ2n) is 4.86. The smallest absolute Gasteiger partial charge is 0.0406 e. The number of rotatable bonds is 1. The van der Waals surface area contributed by atoms with Gasteiger partial charge in [0.1, 0.15) is 0 Å². The molecule has 1 aromatic rings. The molecule has 0 saturated carbocycles. The van der Waals surface area contributed by atoms with Crippen LogP contribution in [0.2, 0.25) is 0 Å². The Morgan fingerprint density at radius 2 is 1.19 bits per heavy atom. The highest BCUT2D eigenvalue weighted by Crippen LogP contribution is 2.32. The lowest BCUT2D eigenvalue weighted by atomic mass is 10.2.